The molecule has 2 N–H and O–H groups in total. The van der Waals surface area contributed by atoms with Gasteiger partial charge in [-0.1, -0.05) is 12.2 Å². The molecule has 0 fully saturated rings. The predicted octanol–water partition coefficient (Wildman–Crippen LogP) is 2.48. The molecule has 1 aromatic carbocycles. The number of anilines is 2. The van der Waals surface area contributed by atoms with Gasteiger partial charge in [0, 0.05) is 36.4 Å². The van der Waals surface area contributed by atoms with Crippen LogP contribution in [0.15, 0.2) is 48.8 Å². The van der Waals surface area contributed by atoms with Crippen LogP contribution < -0.4 is 10.6 Å². The molecule has 0 bridgehead atoms. The molecule has 4 heteroatoms. The Morgan fingerprint density at radius 3 is 2.12 bits per heavy atom. The summed E-state index contributed by atoms with van der Waals surface area (Å²) in [7, 11) is 2.01. The molecular weight excluding hydrogens is 230 g/mol. The average molecular weight is 243 g/mol. The SMILES string of the molecule is CN(c1ccncc1)c1ccc(C(N)=S)cc1. The molecule has 17 heavy (non-hydrogen) atoms. The molecule has 3 nitrogen and oxygen atoms in total. The second-order valence-electron chi connectivity index (χ2n) is 3.68. The van der Waals surface area contributed by atoms with Crippen LogP contribution in [0.25, 0.3) is 0 Å². The molecule has 0 saturated carbocycles. The van der Waals surface area contributed by atoms with Gasteiger partial charge in [-0.2, -0.15) is 0 Å². The highest BCUT2D eigenvalue weighted by atomic mass is 32.1. The number of benzene rings is 1. The van der Waals surface area contributed by atoms with E-state index in [0.29, 0.717) is 4.99 Å². The Morgan fingerprint density at radius 2 is 1.59 bits per heavy atom. The second kappa shape index (κ2) is 4.93. The summed E-state index contributed by atoms with van der Waals surface area (Å²) in [5.74, 6) is 0. The summed E-state index contributed by atoms with van der Waals surface area (Å²) < 4.78 is 0. The van der Waals surface area contributed by atoms with E-state index in [1.54, 1.807) is 12.4 Å². The molecule has 0 atom stereocenters. The molecule has 0 saturated heterocycles. The minimum atomic E-state index is 0.420. The van der Waals surface area contributed by atoms with Crippen LogP contribution in [0, 0.1) is 0 Å². The lowest BCUT2D eigenvalue weighted by atomic mass is 10.2. The van der Waals surface area contributed by atoms with Crippen molar-refractivity contribution in [3.8, 4) is 0 Å². The third-order valence-electron chi connectivity index (χ3n) is 2.59. The molecule has 0 radical (unpaired) electrons. The van der Waals surface area contributed by atoms with Gasteiger partial charge in [-0.15, -0.1) is 0 Å². The summed E-state index contributed by atoms with van der Waals surface area (Å²) in [5, 5.41) is 0. The lowest BCUT2D eigenvalue weighted by molar-refractivity contribution is 1.19. The van der Waals surface area contributed by atoms with Gasteiger partial charge in [0.05, 0.1) is 0 Å². The van der Waals surface area contributed by atoms with Crippen LogP contribution in [0.3, 0.4) is 0 Å². The molecule has 2 aromatic rings. The Morgan fingerprint density at radius 1 is 1.06 bits per heavy atom. The van der Waals surface area contributed by atoms with E-state index in [1.165, 1.54) is 0 Å². The van der Waals surface area contributed by atoms with Gasteiger partial charge in [-0.3, -0.25) is 4.98 Å². The van der Waals surface area contributed by atoms with E-state index in [0.717, 1.165) is 16.9 Å². The van der Waals surface area contributed by atoms with E-state index < -0.39 is 0 Å². The minimum Gasteiger partial charge on any atom is -0.389 e. The highest BCUT2D eigenvalue weighted by molar-refractivity contribution is 7.80. The molecule has 0 unspecified atom stereocenters. The van der Waals surface area contributed by atoms with Crippen LogP contribution in [0.1, 0.15) is 5.56 Å². The van der Waals surface area contributed by atoms with Gasteiger partial charge in [-0.25, -0.2) is 0 Å². The zero-order valence-corrected chi connectivity index (χ0v) is 10.3. The van der Waals surface area contributed by atoms with Gasteiger partial charge < -0.3 is 10.6 Å². The fourth-order valence-electron chi connectivity index (χ4n) is 1.57. The van der Waals surface area contributed by atoms with Gasteiger partial charge in [0.2, 0.25) is 0 Å². The molecular formula is C13H13N3S. The molecule has 2 rings (SSSR count). The van der Waals surface area contributed by atoms with Gasteiger partial charge in [0.1, 0.15) is 4.99 Å². The van der Waals surface area contributed by atoms with E-state index in [2.05, 4.69) is 9.88 Å². The second-order valence-corrected chi connectivity index (χ2v) is 4.12. The first-order valence-corrected chi connectivity index (χ1v) is 5.63. The van der Waals surface area contributed by atoms with Crippen molar-refractivity contribution in [1.29, 1.82) is 0 Å². The molecule has 86 valence electrons. The quantitative estimate of drug-likeness (QED) is 0.841. The summed E-state index contributed by atoms with van der Waals surface area (Å²) in [6.07, 6.45) is 3.55. The number of thiocarbonyl (C=S) groups is 1. The van der Waals surface area contributed by atoms with Gasteiger partial charge in [-0.05, 0) is 36.4 Å². The van der Waals surface area contributed by atoms with E-state index in [4.69, 9.17) is 18.0 Å². The Hall–Kier alpha value is -1.94. The Bertz CT molecular complexity index is 508. The third kappa shape index (κ3) is 2.60. The van der Waals surface area contributed by atoms with Gasteiger partial charge in [0.25, 0.3) is 0 Å². The topological polar surface area (TPSA) is 42.2 Å². The van der Waals surface area contributed by atoms with Crippen molar-refractivity contribution in [3.63, 3.8) is 0 Å². The van der Waals surface area contributed by atoms with Crippen LogP contribution in [-0.4, -0.2) is 17.0 Å². The monoisotopic (exact) mass is 243 g/mol. The van der Waals surface area contributed by atoms with Crippen molar-refractivity contribution < 1.29 is 0 Å². The standard InChI is InChI=1S/C13H13N3S/c1-16(12-6-8-15-9-7-12)11-4-2-10(3-5-11)13(14)17/h2-9H,1H3,(H2,14,17). The maximum absolute atomic E-state index is 5.56. The van der Waals surface area contributed by atoms with Crippen molar-refractivity contribution >= 4 is 28.6 Å². The largest absolute Gasteiger partial charge is 0.389 e. The van der Waals surface area contributed by atoms with Crippen molar-refractivity contribution in [3.05, 3.63) is 54.4 Å². The highest BCUT2D eigenvalue weighted by Crippen LogP contribution is 2.22. The molecule has 0 amide bonds. The predicted molar refractivity (Wildman–Crippen MR) is 74.6 cm³/mol. The summed E-state index contributed by atoms with van der Waals surface area (Å²) in [4.78, 5) is 6.49. The first-order valence-electron chi connectivity index (χ1n) is 5.22. The van der Waals surface area contributed by atoms with Crippen LogP contribution in [0.5, 0.6) is 0 Å². The van der Waals surface area contributed by atoms with Crippen LogP contribution >= 0.6 is 12.2 Å². The number of nitrogens with two attached hydrogens (primary N) is 1. The maximum Gasteiger partial charge on any atom is 0.103 e. The molecule has 0 aliphatic rings. The molecule has 1 heterocycles. The van der Waals surface area contributed by atoms with Gasteiger partial charge >= 0.3 is 0 Å². The van der Waals surface area contributed by atoms with Crippen LogP contribution in [0.2, 0.25) is 0 Å². The summed E-state index contributed by atoms with van der Waals surface area (Å²) in [5.41, 5.74) is 8.61. The van der Waals surface area contributed by atoms with Crippen molar-refractivity contribution in [2.45, 2.75) is 0 Å². The Labute approximate surface area is 106 Å². The van der Waals surface area contributed by atoms with Gasteiger partial charge in [0.15, 0.2) is 0 Å². The fraction of sp³-hybridized carbons (Fsp3) is 0.0769. The smallest absolute Gasteiger partial charge is 0.103 e. The van der Waals surface area contributed by atoms with E-state index >= 15 is 0 Å². The normalized spacial score (nSPS) is 9.94. The summed E-state index contributed by atoms with van der Waals surface area (Å²) in [6.45, 7) is 0. The minimum absolute atomic E-state index is 0.420. The molecule has 1 aromatic heterocycles. The number of nitrogens with zero attached hydrogens (tertiary/aromatic N) is 2. The average Bonchev–Trinajstić information content (AvgIpc) is 2.39. The first-order chi connectivity index (χ1) is 8.18. The third-order valence-corrected chi connectivity index (χ3v) is 2.82. The molecule has 0 aliphatic carbocycles. The van der Waals surface area contributed by atoms with Crippen molar-refractivity contribution in [2.24, 2.45) is 5.73 Å². The lowest BCUT2D eigenvalue weighted by Gasteiger charge is -2.19. The number of hydrogen-bond acceptors (Lipinski definition) is 3. The van der Waals surface area contributed by atoms with E-state index in [-0.39, 0.29) is 0 Å². The summed E-state index contributed by atoms with van der Waals surface area (Å²) >= 11 is 4.92. The number of aromatic nitrogens is 1. The molecule has 0 aliphatic heterocycles. The Balaban J connectivity index is 2.26. The van der Waals surface area contributed by atoms with E-state index in [9.17, 15) is 0 Å². The lowest BCUT2D eigenvalue weighted by Crippen LogP contribution is -2.11. The zero-order chi connectivity index (χ0) is 12.3. The van der Waals surface area contributed by atoms with E-state index in [1.807, 2.05) is 43.4 Å². The van der Waals surface area contributed by atoms with Crippen LogP contribution in [0.4, 0.5) is 11.4 Å². The first kappa shape index (κ1) is 11.5. The van der Waals surface area contributed by atoms with Crippen LogP contribution in [-0.2, 0) is 0 Å². The van der Waals surface area contributed by atoms with Crippen molar-refractivity contribution in [1.82, 2.24) is 4.98 Å². The number of hydrogen-bond donors (Lipinski definition) is 1. The zero-order valence-electron chi connectivity index (χ0n) is 9.50. The highest BCUT2D eigenvalue weighted by Gasteiger charge is 2.03. The van der Waals surface area contributed by atoms with Crippen molar-refractivity contribution in [2.75, 3.05) is 11.9 Å². The number of pyridine rings is 1. The fourth-order valence-corrected chi connectivity index (χ4v) is 1.70. The summed E-state index contributed by atoms with van der Waals surface area (Å²) in [6, 6.07) is 11.8. The molecule has 0 spiro atoms. The maximum atomic E-state index is 5.56. The number of rotatable bonds is 3. The Kier molecular flexibility index (Phi) is 3.35.